The van der Waals surface area contributed by atoms with Crippen molar-refractivity contribution in [2.24, 2.45) is 0 Å². The van der Waals surface area contributed by atoms with Crippen molar-refractivity contribution in [2.45, 2.75) is 29.9 Å². The Hall–Kier alpha value is -0.130. The van der Waals surface area contributed by atoms with Crippen molar-refractivity contribution in [1.82, 2.24) is 10.2 Å². The summed E-state index contributed by atoms with van der Waals surface area (Å²) in [6.07, 6.45) is 2.28. The van der Waals surface area contributed by atoms with E-state index in [0.29, 0.717) is 0 Å². The number of hydrogen-bond donors (Lipinski definition) is 1. The molecular formula is C9H15BrN2O2. The third-order valence-corrected chi connectivity index (χ3v) is 3.92. The number of ether oxygens (including phenoxy) is 1. The van der Waals surface area contributed by atoms with E-state index >= 15 is 0 Å². The molecule has 5 heteroatoms. The fourth-order valence-corrected chi connectivity index (χ4v) is 2.97. The second kappa shape index (κ2) is 4.16. The van der Waals surface area contributed by atoms with Gasteiger partial charge in [-0.05, 0) is 25.9 Å². The van der Waals surface area contributed by atoms with E-state index in [0.717, 1.165) is 13.1 Å². The summed E-state index contributed by atoms with van der Waals surface area (Å²) in [6, 6.07) is 0.148. The van der Waals surface area contributed by atoms with Crippen LogP contribution in [0.15, 0.2) is 0 Å². The lowest BCUT2D eigenvalue weighted by molar-refractivity contribution is -0.120. The van der Waals surface area contributed by atoms with Gasteiger partial charge in [-0.3, -0.25) is 9.69 Å². The molecule has 0 unspecified atom stereocenters. The van der Waals surface area contributed by atoms with Crippen LogP contribution in [0.2, 0.25) is 0 Å². The minimum atomic E-state index is -0.162. The molecule has 0 aromatic carbocycles. The van der Waals surface area contributed by atoms with E-state index < -0.39 is 0 Å². The fourth-order valence-electron chi connectivity index (χ4n) is 2.23. The van der Waals surface area contributed by atoms with E-state index in [1.165, 1.54) is 12.8 Å². The monoisotopic (exact) mass is 262 g/mol. The Kier molecular flexibility index (Phi) is 3.09. The molecule has 0 aromatic heterocycles. The molecule has 2 aliphatic rings. The number of amides is 1. The van der Waals surface area contributed by atoms with Crippen LogP contribution in [-0.2, 0) is 9.53 Å². The molecule has 2 heterocycles. The lowest BCUT2D eigenvalue weighted by Gasteiger charge is -2.28. The van der Waals surface area contributed by atoms with Gasteiger partial charge in [-0.25, -0.2) is 0 Å². The highest BCUT2D eigenvalue weighted by Crippen LogP contribution is 2.26. The molecule has 0 spiro atoms. The standard InChI is InChI=1S/C9H15BrN2O2/c1-14-9-7(6(10)8(13)11-9)12-4-2-3-5-12/h6-7,9H,2-5H2,1H3,(H,11,13)/t6-,7+,9-/m1/s1. The Bertz CT molecular complexity index is 231. The lowest BCUT2D eigenvalue weighted by Crippen LogP contribution is -2.46. The quantitative estimate of drug-likeness (QED) is 0.729. The zero-order valence-electron chi connectivity index (χ0n) is 8.20. The van der Waals surface area contributed by atoms with E-state index in [4.69, 9.17) is 4.74 Å². The maximum absolute atomic E-state index is 11.4. The Balaban J connectivity index is 2.09. The summed E-state index contributed by atoms with van der Waals surface area (Å²) in [7, 11) is 1.64. The molecule has 14 heavy (non-hydrogen) atoms. The molecule has 1 amide bonds. The number of nitrogens with one attached hydrogen (secondary N) is 1. The molecule has 0 aliphatic carbocycles. The normalized spacial score (nSPS) is 39.0. The number of carbonyl (C=O) groups excluding carboxylic acids is 1. The van der Waals surface area contributed by atoms with E-state index in [-0.39, 0.29) is 23.0 Å². The third kappa shape index (κ3) is 1.68. The van der Waals surface area contributed by atoms with E-state index in [9.17, 15) is 4.79 Å². The maximum Gasteiger partial charge on any atom is 0.237 e. The van der Waals surface area contributed by atoms with Crippen molar-refractivity contribution in [3.05, 3.63) is 0 Å². The first-order valence-electron chi connectivity index (χ1n) is 4.95. The van der Waals surface area contributed by atoms with Crippen molar-refractivity contribution in [2.75, 3.05) is 20.2 Å². The van der Waals surface area contributed by atoms with Crippen LogP contribution < -0.4 is 5.32 Å². The van der Waals surface area contributed by atoms with Crippen molar-refractivity contribution >= 4 is 21.8 Å². The highest BCUT2D eigenvalue weighted by molar-refractivity contribution is 9.10. The molecule has 0 bridgehead atoms. The molecule has 0 radical (unpaired) electrons. The predicted molar refractivity (Wildman–Crippen MR) is 56.2 cm³/mol. The van der Waals surface area contributed by atoms with Gasteiger partial charge >= 0.3 is 0 Å². The Morgan fingerprint density at radius 1 is 1.50 bits per heavy atom. The maximum atomic E-state index is 11.4. The topological polar surface area (TPSA) is 41.6 Å². The van der Waals surface area contributed by atoms with Crippen LogP contribution in [-0.4, -0.2) is 48.1 Å². The Labute approximate surface area is 92.1 Å². The summed E-state index contributed by atoms with van der Waals surface area (Å²) in [5.74, 6) is 0.0359. The van der Waals surface area contributed by atoms with E-state index in [1.807, 2.05) is 0 Å². The van der Waals surface area contributed by atoms with Crippen LogP contribution in [0, 0.1) is 0 Å². The largest absolute Gasteiger partial charge is 0.360 e. The van der Waals surface area contributed by atoms with Crippen LogP contribution in [0.1, 0.15) is 12.8 Å². The zero-order valence-corrected chi connectivity index (χ0v) is 9.79. The van der Waals surface area contributed by atoms with Crippen LogP contribution in [0.3, 0.4) is 0 Å². The molecular weight excluding hydrogens is 248 g/mol. The predicted octanol–water partition coefficient (Wildman–Crippen LogP) is 0.317. The van der Waals surface area contributed by atoms with Gasteiger partial charge in [0.05, 0.1) is 6.04 Å². The molecule has 2 saturated heterocycles. The van der Waals surface area contributed by atoms with Crippen molar-refractivity contribution in [3.63, 3.8) is 0 Å². The van der Waals surface area contributed by atoms with Gasteiger partial charge in [0.15, 0.2) is 0 Å². The van der Waals surface area contributed by atoms with Crippen LogP contribution >= 0.6 is 15.9 Å². The van der Waals surface area contributed by atoms with Gasteiger partial charge in [-0.15, -0.1) is 0 Å². The first-order chi connectivity index (χ1) is 6.74. The van der Waals surface area contributed by atoms with Gasteiger partial charge in [0.2, 0.25) is 5.91 Å². The zero-order chi connectivity index (χ0) is 10.1. The van der Waals surface area contributed by atoms with Crippen LogP contribution in [0.4, 0.5) is 0 Å². The van der Waals surface area contributed by atoms with Crippen molar-refractivity contribution in [3.8, 4) is 0 Å². The molecule has 2 fully saturated rings. The molecule has 80 valence electrons. The lowest BCUT2D eigenvalue weighted by atomic mass is 10.2. The molecule has 1 N–H and O–H groups in total. The molecule has 3 atom stereocenters. The van der Waals surface area contributed by atoms with Gasteiger partial charge in [-0.1, -0.05) is 15.9 Å². The Morgan fingerprint density at radius 2 is 2.14 bits per heavy atom. The summed E-state index contributed by atoms with van der Waals surface area (Å²) in [5.41, 5.74) is 0. The minimum absolute atomic E-state index is 0.0359. The summed E-state index contributed by atoms with van der Waals surface area (Å²) >= 11 is 3.43. The number of rotatable bonds is 2. The van der Waals surface area contributed by atoms with Gasteiger partial charge in [0.25, 0.3) is 0 Å². The number of nitrogens with zero attached hydrogens (tertiary/aromatic N) is 1. The van der Waals surface area contributed by atoms with Crippen LogP contribution in [0.5, 0.6) is 0 Å². The molecule has 2 rings (SSSR count). The molecule has 0 aromatic rings. The summed E-state index contributed by atoms with van der Waals surface area (Å²) in [4.78, 5) is 13.6. The average molecular weight is 263 g/mol. The number of carbonyl (C=O) groups is 1. The SMILES string of the molecule is CO[C@H]1NC(=O)[C@H](Br)[C@@H]1N1CCCC1. The number of likely N-dealkylation sites (tertiary alicyclic amines) is 1. The minimum Gasteiger partial charge on any atom is -0.360 e. The Morgan fingerprint density at radius 3 is 2.71 bits per heavy atom. The second-order valence-electron chi connectivity index (χ2n) is 3.80. The second-order valence-corrected chi connectivity index (χ2v) is 4.79. The molecule has 0 saturated carbocycles. The third-order valence-electron chi connectivity index (χ3n) is 2.96. The average Bonchev–Trinajstić information content (AvgIpc) is 2.76. The summed E-state index contributed by atoms with van der Waals surface area (Å²) < 4.78 is 5.27. The van der Waals surface area contributed by atoms with Crippen LogP contribution in [0.25, 0.3) is 0 Å². The number of hydrogen-bond acceptors (Lipinski definition) is 3. The highest BCUT2D eigenvalue weighted by Gasteiger charge is 2.44. The van der Waals surface area contributed by atoms with Gasteiger partial charge < -0.3 is 10.1 Å². The van der Waals surface area contributed by atoms with E-state index in [1.54, 1.807) is 7.11 Å². The first kappa shape index (κ1) is 10.4. The smallest absolute Gasteiger partial charge is 0.237 e. The molecule has 2 aliphatic heterocycles. The number of methoxy groups -OCH3 is 1. The van der Waals surface area contributed by atoms with Crippen molar-refractivity contribution in [1.29, 1.82) is 0 Å². The van der Waals surface area contributed by atoms with Gasteiger partial charge in [-0.2, -0.15) is 0 Å². The summed E-state index contributed by atoms with van der Waals surface area (Å²) in [5, 5.41) is 2.83. The van der Waals surface area contributed by atoms with Gasteiger partial charge in [0.1, 0.15) is 11.1 Å². The van der Waals surface area contributed by atoms with Gasteiger partial charge in [0, 0.05) is 7.11 Å². The molecule has 4 nitrogen and oxygen atoms in total. The highest BCUT2D eigenvalue weighted by atomic mass is 79.9. The first-order valence-corrected chi connectivity index (χ1v) is 5.87. The summed E-state index contributed by atoms with van der Waals surface area (Å²) in [6.45, 7) is 2.14. The van der Waals surface area contributed by atoms with E-state index in [2.05, 4.69) is 26.1 Å². The number of halogens is 1. The fraction of sp³-hybridized carbons (Fsp3) is 0.889. The van der Waals surface area contributed by atoms with Crippen molar-refractivity contribution < 1.29 is 9.53 Å². The number of alkyl halides is 1.